The Morgan fingerprint density at radius 3 is 2.87 bits per heavy atom. The summed E-state index contributed by atoms with van der Waals surface area (Å²) < 4.78 is 0. The molecule has 2 unspecified atom stereocenters. The number of likely N-dealkylation sites (tertiary alicyclic amines) is 1. The van der Waals surface area contributed by atoms with E-state index in [1.54, 1.807) is 0 Å². The quantitative estimate of drug-likeness (QED) is 0.770. The van der Waals surface area contributed by atoms with E-state index in [0.717, 1.165) is 25.5 Å². The molecule has 0 aromatic carbocycles. The minimum absolute atomic E-state index is 0.672. The molecular weight excluding hydrogens is 254 g/mol. The summed E-state index contributed by atoms with van der Waals surface area (Å²) in [5.41, 5.74) is 0. The first-order valence-electron chi connectivity index (χ1n) is 5.38. The maximum Gasteiger partial charge on any atom is 0.142 e. The van der Waals surface area contributed by atoms with Gasteiger partial charge in [0.25, 0.3) is 0 Å². The summed E-state index contributed by atoms with van der Waals surface area (Å²) in [6, 6.07) is 1.86. The van der Waals surface area contributed by atoms with Gasteiger partial charge < -0.3 is 0 Å². The van der Waals surface area contributed by atoms with Gasteiger partial charge in [0, 0.05) is 23.8 Å². The molecule has 0 amide bonds. The number of aromatic nitrogens is 2. The van der Waals surface area contributed by atoms with Crippen molar-refractivity contribution < 1.29 is 0 Å². The van der Waals surface area contributed by atoms with Gasteiger partial charge in [-0.1, -0.05) is 22.9 Å². The van der Waals surface area contributed by atoms with Gasteiger partial charge in [0.1, 0.15) is 5.82 Å². The normalized spacial score (nSPS) is 27.9. The maximum absolute atomic E-state index is 4.25. The monoisotopic (exact) mass is 269 g/mol. The van der Waals surface area contributed by atoms with E-state index >= 15 is 0 Å². The van der Waals surface area contributed by atoms with E-state index in [1.165, 1.54) is 6.42 Å². The Balaban J connectivity index is 1.91. The summed E-state index contributed by atoms with van der Waals surface area (Å²) in [7, 11) is 0. The maximum atomic E-state index is 4.25. The first kappa shape index (κ1) is 11.0. The second kappa shape index (κ2) is 5.03. The van der Waals surface area contributed by atoms with Crippen molar-refractivity contribution in [3.8, 4) is 0 Å². The molecule has 0 bridgehead atoms. The fraction of sp³-hybridized carbons (Fsp3) is 0.636. The van der Waals surface area contributed by atoms with Crippen LogP contribution in [-0.4, -0.2) is 32.8 Å². The first-order valence-corrected chi connectivity index (χ1v) is 6.29. The summed E-state index contributed by atoms with van der Waals surface area (Å²) in [6.07, 6.45) is 4.83. The lowest BCUT2D eigenvalue weighted by Gasteiger charge is -2.33. The van der Waals surface area contributed by atoms with Crippen molar-refractivity contribution in [3.05, 3.63) is 24.3 Å². The van der Waals surface area contributed by atoms with Gasteiger partial charge >= 0.3 is 0 Å². The smallest absolute Gasteiger partial charge is 0.142 e. The number of halogens is 1. The molecule has 1 aromatic rings. The molecule has 4 heteroatoms. The van der Waals surface area contributed by atoms with Crippen molar-refractivity contribution in [1.29, 1.82) is 0 Å². The second-order valence-corrected chi connectivity index (χ2v) is 5.36. The average molecular weight is 270 g/mol. The highest BCUT2D eigenvalue weighted by Crippen LogP contribution is 2.23. The fourth-order valence-corrected chi connectivity index (χ4v) is 2.33. The highest BCUT2D eigenvalue weighted by molar-refractivity contribution is 9.09. The van der Waals surface area contributed by atoms with E-state index in [0.29, 0.717) is 10.7 Å². The van der Waals surface area contributed by atoms with E-state index in [9.17, 15) is 0 Å². The van der Waals surface area contributed by atoms with E-state index in [-0.39, 0.29) is 0 Å². The third-order valence-electron chi connectivity index (χ3n) is 2.87. The van der Waals surface area contributed by atoms with Crippen molar-refractivity contribution in [1.82, 2.24) is 14.9 Å². The molecule has 0 saturated carbocycles. The topological polar surface area (TPSA) is 29.0 Å². The number of nitrogens with zero attached hydrogens (tertiary/aromatic N) is 3. The van der Waals surface area contributed by atoms with Gasteiger partial charge in [0.15, 0.2) is 0 Å². The lowest BCUT2D eigenvalue weighted by molar-refractivity contribution is 0.179. The molecule has 1 saturated heterocycles. The van der Waals surface area contributed by atoms with Crippen LogP contribution in [0, 0.1) is 5.92 Å². The standard InChI is InChI=1S/C11H16BrN3/c1-9-7-15(6-3-10(9)12)8-11-13-4-2-5-14-11/h2,4-5,9-10H,3,6-8H2,1H3. The molecule has 2 heterocycles. The lowest BCUT2D eigenvalue weighted by atomic mass is 10.0. The van der Waals surface area contributed by atoms with Crippen LogP contribution in [0.5, 0.6) is 0 Å². The Labute approximate surface area is 99.0 Å². The molecule has 1 aliphatic heterocycles. The molecule has 3 nitrogen and oxygen atoms in total. The summed E-state index contributed by atoms with van der Waals surface area (Å²) in [6.45, 7) is 5.44. The predicted octanol–water partition coefficient (Wildman–Crippen LogP) is 2.08. The van der Waals surface area contributed by atoms with Gasteiger partial charge in [-0.3, -0.25) is 4.90 Å². The summed E-state index contributed by atoms with van der Waals surface area (Å²) in [5, 5.41) is 0. The molecule has 0 aliphatic carbocycles. The SMILES string of the molecule is CC1CN(Cc2ncccn2)CCC1Br. The number of hydrogen-bond acceptors (Lipinski definition) is 3. The van der Waals surface area contributed by atoms with Gasteiger partial charge in [-0.25, -0.2) is 9.97 Å². The Kier molecular flexibility index (Phi) is 3.70. The molecule has 0 radical (unpaired) electrons. The summed E-state index contributed by atoms with van der Waals surface area (Å²) in [5.74, 6) is 1.64. The van der Waals surface area contributed by atoms with Crippen molar-refractivity contribution >= 4 is 15.9 Å². The molecule has 1 fully saturated rings. The summed E-state index contributed by atoms with van der Waals surface area (Å²) >= 11 is 3.71. The molecule has 1 aromatic heterocycles. The minimum atomic E-state index is 0.672. The molecule has 1 aliphatic rings. The van der Waals surface area contributed by atoms with E-state index < -0.39 is 0 Å². The summed E-state index contributed by atoms with van der Waals surface area (Å²) in [4.78, 5) is 11.6. The number of alkyl halides is 1. The number of piperidine rings is 1. The van der Waals surface area contributed by atoms with Crippen molar-refractivity contribution in [2.75, 3.05) is 13.1 Å². The Bertz CT molecular complexity index is 304. The molecule has 2 atom stereocenters. The zero-order chi connectivity index (χ0) is 10.7. The Morgan fingerprint density at radius 2 is 2.20 bits per heavy atom. The Hall–Kier alpha value is -0.480. The molecule has 2 rings (SSSR count). The van der Waals surface area contributed by atoms with E-state index in [4.69, 9.17) is 0 Å². The van der Waals surface area contributed by atoms with Gasteiger partial charge in [-0.15, -0.1) is 0 Å². The van der Waals surface area contributed by atoms with Gasteiger partial charge in [0.05, 0.1) is 6.54 Å². The van der Waals surface area contributed by atoms with Crippen LogP contribution in [0.25, 0.3) is 0 Å². The molecule has 82 valence electrons. The van der Waals surface area contributed by atoms with Crippen LogP contribution in [-0.2, 0) is 6.54 Å². The van der Waals surface area contributed by atoms with E-state index in [2.05, 4.69) is 37.7 Å². The predicted molar refractivity (Wildman–Crippen MR) is 63.8 cm³/mol. The largest absolute Gasteiger partial charge is 0.296 e. The van der Waals surface area contributed by atoms with Crippen LogP contribution in [0.2, 0.25) is 0 Å². The van der Waals surface area contributed by atoms with Gasteiger partial charge in [-0.05, 0) is 24.9 Å². The molecular formula is C11H16BrN3. The minimum Gasteiger partial charge on any atom is -0.296 e. The fourth-order valence-electron chi connectivity index (χ4n) is 1.96. The zero-order valence-electron chi connectivity index (χ0n) is 8.93. The number of hydrogen-bond donors (Lipinski definition) is 0. The van der Waals surface area contributed by atoms with Crippen LogP contribution in [0.1, 0.15) is 19.2 Å². The number of rotatable bonds is 2. The molecule has 15 heavy (non-hydrogen) atoms. The highest BCUT2D eigenvalue weighted by Gasteiger charge is 2.24. The van der Waals surface area contributed by atoms with Crippen molar-refractivity contribution in [2.45, 2.75) is 24.7 Å². The van der Waals surface area contributed by atoms with Gasteiger partial charge in [0.2, 0.25) is 0 Å². The van der Waals surface area contributed by atoms with Crippen LogP contribution < -0.4 is 0 Å². The van der Waals surface area contributed by atoms with Crippen molar-refractivity contribution in [2.24, 2.45) is 5.92 Å². The molecule has 0 spiro atoms. The van der Waals surface area contributed by atoms with Crippen LogP contribution >= 0.6 is 15.9 Å². The lowest BCUT2D eigenvalue weighted by Crippen LogP contribution is -2.39. The van der Waals surface area contributed by atoms with E-state index in [1.807, 2.05) is 18.5 Å². The first-order chi connectivity index (χ1) is 7.25. The van der Waals surface area contributed by atoms with Crippen molar-refractivity contribution in [3.63, 3.8) is 0 Å². The Morgan fingerprint density at radius 1 is 1.47 bits per heavy atom. The third-order valence-corrected chi connectivity index (χ3v) is 4.23. The average Bonchev–Trinajstić information content (AvgIpc) is 2.25. The van der Waals surface area contributed by atoms with Crippen LogP contribution in [0.3, 0.4) is 0 Å². The third kappa shape index (κ3) is 2.98. The zero-order valence-corrected chi connectivity index (χ0v) is 10.5. The van der Waals surface area contributed by atoms with Gasteiger partial charge in [-0.2, -0.15) is 0 Å². The highest BCUT2D eigenvalue weighted by atomic mass is 79.9. The molecule has 0 N–H and O–H groups in total. The van der Waals surface area contributed by atoms with Crippen LogP contribution in [0.15, 0.2) is 18.5 Å². The second-order valence-electron chi connectivity index (χ2n) is 4.18. The van der Waals surface area contributed by atoms with Crippen LogP contribution in [0.4, 0.5) is 0 Å².